The molecule has 94 valence electrons. The molecule has 5 nitrogen and oxygen atoms in total. The summed E-state index contributed by atoms with van der Waals surface area (Å²) in [5, 5.41) is 11.3. The minimum atomic E-state index is -0.847. The van der Waals surface area contributed by atoms with Crippen LogP contribution in [-0.2, 0) is 4.79 Å². The molecule has 0 aliphatic heterocycles. The number of amides is 1. The molecule has 1 aromatic heterocycles. The molecule has 1 unspecified atom stereocenters. The summed E-state index contributed by atoms with van der Waals surface area (Å²) in [5.74, 6) is -0.269. The number of carboxylic acid groups (broad SMARTS) is 1. The van der Waals surface area contributed by atoms with E-state index in [-0.39, 0.29) is 24.0 Å². The number of carbonyl (C=O) groups excluding carboxylic acids is 1. The molecule has 0 saturated carbocycles. The summed E-state index contributed by atoms with van der Waals surface area (Å²) >= 11 is 0. The van der Waals surface area contributed by atoms with Crippen LogP contribution in [-0.4, -0.2) is 23.5 Å². The van der Waals surface area contributed by atoms with Crippen molar-refractivity contribution >= 4 is 11.9 Å². The van der Waals surface area contributed by atoms with E-state index in [1.807, 2.05) is 6.92 Å². The Balaban J connectivity index is 2.44. The number of carboxylic acids is 1. The Morgan fingerprint density at radius 1 is 1.47 bits per heavy atom. The molecule has 1 heterocycles. The smallest absolute Gasteiger partial charge is 0.303 e. The van der Waals surface area contributed by atoms with Crippen molar-refractivity contribution in [1.82, 2.24) is 5.32 Å². The van der Waals surface area contributed by atoms with E-state index in [4.69, 9.17) is 9.52 Å². The van der Waals surface area contributed by atoms with Gasteiger partial charge in [0.2, 0.25) is 0 Å². The zero-order valence-corrected chi connectivity index (χ0v) is 10.0. The van der Waals surface area contributed by atoms with Crippen molar-refractivity contribution in [1.29, 1.82) is 0 Å². The van der Waals surface area contributed by atoms with Gasteiger partial charge < -0.3 is 14.8 Å². The first-order valence-corrected chi connectivity index (χ1v) is 5.59. The largest absolute Gasteiger partial charge is 0.481 e. The maximum atomic E-state index is 11.6. The predicted molar refractivity (Wildman–Crippen MR) is 61.8 cm³/mol. The Morgan fingerprint density at radius 2 is 2.18 bits per heavy atom. The number of carbonyl (C=O) groups is 2. The summed E-state index contributed by atoms with van der Waals surface area (Å²) in [7, 11) is 0. The lowest BCUT2D eigenvalue weighted by molar-refractivity contribution is -0.138. The molecule has 5 heteroatoms. The Hall–Kier alpha value is -1.78. The fourth-order valence-electron chi connectivity index (χ4n) is 1.49. The molecule has 0 saturated heterocycles. The lowest BCUT2D eigenvalue weighted by Gasteiger charge is -2.12. The first kappa shape index (κ1) is 13.3. The molecule has 1 atom stereocenters. The quantitative estimate of drug-likeness (QED) is 0.793. The summed E-state index contributed by atoms with van der Waals surface area (Å²) in [4.78, 5) is 22.2. The molecular formula is C12H17NO4. The van der Waals surface area contributed by atoms with Gasteiger partial charge in [0.05, 0.1) is 0 Å². The molecule has 0 bridgehead atoms. The number of hydrogen-bond donors (Lipinski definition) is 2. The topological polar surface area (TPSA) is 79.5 Å². The average molecular weight is 239 g/mol. The molecule has 0 radical (unpaired) electrons. The van der Waals surface area contributed by atoms with E-state index in [0.717, 1.165) is 0 Å². The Labute approximate surface area is 99.8 Å². The Morgan fingerprint density at radius 3 is 2.65 bits per heavy atom. The van der Waals surface area contributed by atoms with Crippen LogP contribution in [0.4, 0.5) is 0 Å². The lowest BCUT2D eigenvalue weighted by Crippen LogP contribution is -2.29. The molecule has 0 aromatic carbocycles. The minimum Gasteiger partial charge on any atom is -0.481 e. The third-order valence-corrected chi connectivity index (χ3v) is 2.56. The normalized spacial score (nSPS) is 12.1. The Bertz CT molecular complexity index is 397. The SMILES string of the molecule is CCC(CNC(=O)c1ccc(C)o1)CC(=O)O. The van der Waals surface area contributed by atoms with Crippen LogP contribution >= 0.6 is 0 Å². The van der Waals surface area contributed by atoms with Crippen LogP contribution in [0.5, 0.6) is 0 Å². The third-order valence-electron chi connectivity index (χ3n) is 2.56. The van der Waals surface area contributed by atoms with Gasteiger partial charge in [-0.2, -0.15) is 0 Å². The van der Waals surface area contributed by atoms with Crippen molar-refractivity contribution in [3.8, 4) is 0 Å². The van der Waals surface area contributed by atoms with E-state index in [2.05, 4.69) is 5.32 Å². The second kappa shape index (κ2) is 6.08. The van der Waals surface area contributed by atoms with Gasteiger partial charge in [-0.1, -0.05) is 13.3 Å². The van der Waals surface area contributed by atoms with Gasteiger partial charge in [-0.15, -0.1) is 0 Å². The van der Waals surface area contributed by atoms with Crippen LogP contribution in [0.15, 0.2) is 16.5 Å². The number of nitrogens with one attached hydrogen (secondary N) is 1. The summed E-state index contributed by atoms with van der Waals surface area (Å²) in [5.41, 5.74) is 0. The van der Waals surface area contributed by atoms with Gasteiger partial charge in [0.15, 0.2) is 5.76 Å². The zero-order chi connectivity index (χ0) is 12.8. The van der Waals surface area contributed by atoms with Crippen LogP contribution in [0.2, 0.25) is 0 Å². The first-order chi connectivity index (χ1) is 8.02. The van der Waals surface area contributed by atoms with E-state index in [1.54, 1.807) is 19.1 Å². The van der Waals surface area contributed by atoms with E-state index in [1.165, 1.54) is 0 Å². The van der Waals surface area contributed by atoms with Gasteiger partial charge in [-0.05, 0) is 25.0 Å². The van der Waals surface area contributed by atoms with Crippen molar-refractivity contribution in [3.05, 3.63) is 23.7 Å². The summed E-state index contributed by atoms with van der Waals surface area (Å²) in [6.07, 6.45) is 0.776. The van der Waals surface area contributed by atoms with Gasteiger partial charge in [0.25, 0.3) is 5.91 Å². The van der Waals surface area contributed by atoms with Crippen LogP contribution in [0.1, 0.15) is 36.1 Å². The molecule has 0 aliphatic carbocycles. The van der Waals surface area contributed by atoms with Gasteiger partial charge in [0, 0.05) is 13.0 Å². The van der Waals surface area contributed by atoms with Crippen LogP contribution in [0.3, 0.4) is 0 Å². The highest BCUT2D eigenvalue weighted by Gasteiger charge is 2.14. The maximum Gasteiger partial charge on any atom is 0.303 e. The lowest BCUT2D eigenvalue weighted by atomic mass is 10.0. The molecule has 1 amide bonds. The number of furan rings is 1. The fraction of sp³-hybridized carbons (Fsp3) is 0.500. The summed E-state index contributed by atoms with van der Waals surface area (Å²) in [6, 6.07) is 3.31. The van der Waals surface area contributed by atoms with E-state index in [0.29, 0.717) is 18.7 Å². The highest BCUT2D eigenvalue weighted by atomic mass is 16.4. The summed E-state index contributed by atoms with van der Waals surface area (Å²) in [6.45, 7) is 4.01. The van der Waals surface area contributed by atoms with Crippen molar-refractivity contribution in [2.24, 2.45) is 5.92 Å². The second-order valence-electron chi connectivity index (χ2n) is 3.99. The van der Waals surface area contributed by atoms with Crippen LogP contribution < -0.4 is 5.32 Å². The molecule has 1 rings (SSSR count). The second-order valence-corrected chi connectivity index (χ2v) is 3.99. The molecule has 0 fully saturated rings. The highest BCUT2D eigenvalue weighted by molar-refractivity contribution is 5.91. The van der Waals surface area contributed by atoms with Gasteiger partial charge in [-0.3, -0.25) is 9.59 Å². The standard InChI is InChI=1S/C12H17NO4/c1-3-9(6-11(14)15)7-13-12(16)10-5-4-8(2)17-10/h4-5,9H,3,6-7H2,1-2H3,(H,13,16)(H,14,15). The molecule has 0 spiro atoms. The fourth-order valence-corrected chi connectivity index (χ4v) is 1.49. The average Bonchev–Trinajstić information content (AvgIpc) is 2.70. The monoisotopic (exact) mass is 239 g/mol. The number of rotatable bonds is 6. The molecule has 0 aliphatic rings. The van der Waals surface area contributed by atoms with Crippen LogP contribution in [0, 0.1) is 12.8 Å². The molecule has 2 N–H and O–H groups in total. The minimum absolute atomic E-state index is 0.0486. The molecular weight excluding hydrogens is 222 g/mol. The maximum absolute atomic E-state index is 11.6. The van der Waals surface area contributed by atoms with Gasteiger partial charge in [-0.25, -0.2) is 0 Å². The summed E-state index contributed by atoms with van der Waals surface area (Å²) < 4.78 is 5.16. The van der Waals surface area contributed by atoms with Gasteiger partial charge >= 0.3 is 5.97 Å². The number of aryl methyl sites for hydroxylation is 1. The molecule has 17 heavy (non-hydrogen) atoms. The zero-order valence-electron chi connectivity index (χ0n) is 10.0. The predicted octanol–water partition coefficient (Wildman–Crippen LogP) is 1.82. The van der Waals surface area contributed by atoms with Crippen molar-refractivity contribution in [3.63, 3.8) is 0 Å². The highest BCUT2D eigenvalue weighted by Crippen LogP contribution is 2.09. The van der Waals surface area contributed by atoms with Crippen molar-refractivity contribution in [2.75, 3.05) is 6.54 Å². The van der Waals surface area contributed by atoms with E-state index >= 15 is 0 Å². The first-order valence-electron chi connectivity index (χ1n) is 5.59. The van der Waals surface area contributed by atoms with Crippen LogP contribution in [0.25, 0.3) is 0 Å². The van der Waals surface area contributed by atoms with Crippen molar-refractivity contribution < 1.29 is 19.1 Å². The molecule has 1 aromatic rings. The van der Waals surface area contributed by atoms with Crippen molar-refractivity contribution in [2.45, 2.75) is 26.7 Å². The van der Waals surface area contributed by atoms with E-state index < -0.39 is 5.97 Å². The number of aliphatic carboxylic acids is 1. The van der Waals surface area contributed by atoms with E-state index in [9.17, 15) is 9.59 Å². The van der Waals surface area contributed by atoms with Gasteiger partial charge in [0.1, 0.15) is 5.76 Å². The number of hydrogen-bond acceptors (Lipinski definition) is 3. The Kier molecular flexibility index (Phi) is 4.75. The third kappa shape index (κ3) is 4.30.